The van der Waals surface area contributed by atoms with E-state index < -0.39 is 21.6 Å². The summed E-state index contributed by atoms with van der Waals surface area (Å²) in [5.74, 6) is -1.61. The van der Waals surface area contributed by atoms with Gasteiger partial charge in [-0.25, -0.2) is 8.42 Å². The molecule has 0 radical (unpaired) electrons. The van der Waals surface area contributed by atoms with E-state index >= 15 is 0 Å². The Bertz CT molecular complexity index is 393. The van der Waals surface area contributed by atoms with Crippen molar-refractivity contribution in [1.82, 2.24) is 0 Å². The second kappa shape index (κ2) is 6.87. The van der Waals surface area contributed by atoms with Gasteiger partial charge in [-0.3, -0.25) is 9.59 Å². The largest absolute Gasteiger partial charge is 0.469 e. The fourth-order valence-electron chi connectivity index (χ4n) is 2.17. The molecule has 5 nitrogen and oxygen atoms in total. The standard InChI is InChI=1S/C12H20O5S/c1-17-12(14)7-8-18(15,16)9-11(13)10-5-3-2-4-6-10/h10H,2-9H2,1H3. The molecule has 0 atom stereocenters. The number of methoxy groups -OCH3 is 1. The van der Waals surface area contributed by atoms with Crippen LogP contribution in [0.3, 0.4) is 0 Å². The Morgan fingerprint density at radius 1 is 1.17 bits per heavy atom. The highest BCUT2D eigenvalue weighted by molar-refractivity contribution is 7.92. The minimum absolute atomic E-state index is 0.105. The minimum atomic E-state index is -3.49. The summed E-state index contributed by atoms with van der Waals surface area (Å²) in [6, 6.07) is 0. The second-order valence-corrected chi connectivity index (χ2v) is 6.90. The molecule has 0 saturated heterocycles. The molecule has 0 amide bonds. The molecule has 0 heterocycles. The van der Waals surface area contributed by atoms with Crippen molar-refractivity contribution in [2.24, 2.45) is 5.92 Å². The molecule has 1 rings (SSSR count). The predicted octanol–water partition coefficient (Wildman–Crippen LogP) is 1.11. The highest BCUT2D eigenvalue weighted by Crippen LogP contribution is 2.24. The fourth-order valence-corrected chi connectivity index (χ4v) is 3.46. The van der Waals surface area contributed by atoms with E-state index in [0.717, 1.165) is 32.1 Å². The third kappa shape index (κ3) is 5.16. The van der Waals surface area contributed by atoms with Crippen molar-refractivity contribution in [3.8, 4) is 0 Å². The molecule has 0 aliphatic heterocycles. The molecular weight excluding hydrogens is 256 g/mol. The molecule has 0 aromatic heterocycles. The molecule has 6 heteroatoms. The van der Waals surface area contributed by atoms with E-state index in [4.69, 9.17) is 0 Å². The normalized spacial score (nSPS) is 17.4. The Balaban J connectivity index is 2.43. The van der Waals surface area contributed by atoms with Crippen LogP contribution in [0.1, 0.15) is 38.5 Å². The molecule has 0 aromatic rings. The molecule has 104 valence electrons. The summed E-state index contributed by atoms with van der Waals surface area (Å²) in [4.78, 5) is 22.7. The molecular formula is C12H20O5S. The lowest BCUT2D eigenvalue weighted by Crippen LogP contribution is -2.27. The average molecular weight is 276 g/mol. The topological polar surface area (TPSA) is 77.5 Å². The van der Waals surface area contributed by atoms with Crippen molar-refractivity contribution in [3.63, 3.8) is 0 Å². The van der Waals surface area contributed by atoms with Gasteiger partial charge in [0.05, 0.1) is 19.3 Å². The zero-order valence-corrected chi connectivity index (χ0v) is 11.5. The number of sulfone groups is 1. The van der Waals surface area contributed by atoms with E-state index in [9.17, 15) is 18.0 Å². The first-order valence-corrected chi connectivity index (χ1v) is 8.06. The van der Waals surface area contributed by atoms with Gasteiger partial charge in [-0.15, -0.1) is 0 Å². The maximum absolute atomic E-state index is 11.8. The van der Waals surface area contributed by atoms with E-state index in [1.54, 1.807) is 0 Å². The Kier molecular flexibility index (Phi) is 5.78. The van der Waals surface area contributed by atoms with Crippen LogP contribution in [0.25, 0.3) is 0 Å². The van der Waals surface area contributed by atoms with Crippen LogP contribution in [0.4, 0.5) is 0 Å². The Labute approximate surface area is 108 Å². The molecule has 1 aliphatic carbocycles. The lowest BCUT2D eigenvalue weighted by atomic mass is 9.87. The molecule has 0 unspecified atom stereocenters. The number of ether oxygens (including phenoxy) is 1. The SMILES string of the molecule is COC(=O)CCS(=O)(=O)CC(=O)C1CCCCC1. The third-order valence-corrected chi connectivity index (χ3v) is 4.82. The summed E-state index contributed by atoms with van der Waals surface area (Å²) in [6.07, 6.45) is 4.53. The Morgan fingerprint density at radius 2 is 1.78 bits per heavy atom. The van der Waals surface area contributed by atoms with Gasteiger partial charge < -0.3 is 4.74 Å². The first kappa shape index (κ1) is 15.1. The Morgan fingerprint density at radius 3 is 2.33 bits per heavy atom. The van der Waals surface area contributed by atoms with Gasteiger partial charge in [-0.05, 0) is 12.8 Å². The van der Waals surface area contributed by atoms with Crippen molar-refractivity contribution >= 4 is 21.6 Å². The number of ketones is 1. The molecule has 1 fully saturated rings. The molecule has 0 aromatic carbocycles. The molecule has 1 aliphatic rings. The van der Waals surface area contributed by atoms with Gasteiger partial charge >= 0.3 is 5.97 Å². The average Bonchev–Trinajstić information content (AvgIpc) is 2.36. The highest BCUT2D eigenvalue weighted by atomic mass is 32.2. The number of Topliss-reactive ketones (excluding diaryl/α,β-unsaturated/α-hetero) is 1. The van der Waals surface area contributed by atoms with Crippen molar-refractivity contribution < 1.29 is 22.7 Å². The van der Waals surface area contributed by atoms with Gasteiger partial charge in [0, 0.05) is 5.92 Å². The van der Waals surface area contributed by atoms with Crippen LogP contribution >= 0.6 is 0 Å². The number of esters is 1. The van der Waals surface area contributed by atoms with Crippen LogP contribution in [-0.4, -0.2) is 38.8 Å². The molecule has 18 heavy (non-hydrogen) atoms. The summed E-state index contributed by atoms with van der Waals surface area (Å²) < 4.78 is 27.7. The van der Waals surface area contributed by atoms with E-state index in [-0.39, 0.29) is 23.9 Å². The predicted molar refractivity (Wildman–Crippen MR) is 66.9 cm³/mol. The van der Waals surface area contributed by atoms with Crippen molar-refractivity contribution in [1.29, 1.82) is 0 Å². The number of rotatable bonds is 6. The van der Waals surface area contributed by atoms with Gasteiger partial charge in [0.15, 0.2) is 15.6 Å². The second-order valence-electron chi connectivity index (χ2n) is 4.72. The molecule has 0 spiro atoms. The third-order valence-electron chi connectivity index (χ3n) is 3.27. The van der Waals surface area contributed by atoms with E-state index in [2.05, 4.69) is 4.74 Å². The Hall–Kier alpha value is -0.910. The van der Waals surface area contributed by atoms with Gasteiger partial charge in [0.2, 0.25) is 0 Å². The summed E-state index contributed by atoms with van der Waals surface area (Å²) >= 11 is 0. The van der Waals surface area contributed by atoms with E-state index in [1.165, 1.54) is 7.11 Å². The first-order chi connectivity index (χ1) is 8.44. The van der Waals surface area contributed by atoms with Crippen molar-refractivity contribution in [2.45, 2.75) is 38.5 Å². The number of hydrogen-bond acceptors (Lipinski definition) is 5. The van der Waals surface area contributed by atoms with Gasteiger partial charge in [-0.1, -0.05) is 19.3 Å². The summed E-state index contributed by atoms with van der Waals surface area (Å²) in [7, 11) is -2.28. The van der Waals surface area contributed by atoms with Crippen LogP contribution in [0.2, 0.25) is 0 Å². The minimum Gasteiger partial charge on any atom is -0.469 e. The zero-order chi connectivity index (χ0) is 13.6. The van der Waals surface area contributed by atoms with Crippen LogP contribution in [0.15, 0.2) is 0 Å². The fraction of sp³-hybridized carbons (Fsp3) is 0.833. The lowest BCUT2D eigenvalue weighted by molar-refractivity contribution is -0.140. The summed E-state index contributed by atoms with van der Waals surface area (Å²) in [5, 5.41) is 0. The molecule has 1 saturated carbocycles. The maximum Gasteiger partial charge on any atom is 0.306 e. The van der Waals surface area contributed by atoms with Gasteiger partial charge in [0.1, 0.15) is 5.75 Å². The first-order valence-electron chi connectivity index (χ1n) is 6.24. The van der Waals surface area contributed by atoms with Crippen molar-refractivity contribution in [2.75, 3.05) is 18.6 Å². The summed E-state index contributed by atoms with van der Waals surface area (Å²) in [6.45, 7) is 0. The van der Waals surface area contributed by atoms with Gasteiger partial charge in [-0.2, -0.15) is 0 Å². The quantitative estimate of drug-likeness (QED) is 0.679. The van der Waals surface area contributed by atoms with Crippen LogP contribution in [0, 0.1) is 5.92 Å². The van der Waals surface area contributed by atoms with Crippen LogP contribution in [0.5, 0.6) is 0 Å². The van der Waals surface area contributed by atoms with Crippen molar-refractivity contribution in [3.05, 3.63) is 0 Å². The highest BCUT2D eigenvalue weighted by Gasteiger charge is 2.26. The van der Waals surface area contributed by atoms with E-state index in [1.807, 2.05) is 0 Å². The van der Waals surface area contributed by atoms with Crippen LogP contribution < -0.4 is 0 Å². The number of carbonyl (C=O) groups is 2. The smallest absolute Gasteiger partial charge is 0.306 e. The monoisotopic (exact) mass is 276 g/mol. The summed E-state index contributed by atoms with van der Waals surface area (Å²) in [5.41, 5.74) is 0. The maximum atomic E-state index is 11.8. The number of hydrogen-bond donors (Lipinski definition) is 0. The van der Waals surface area contributed by atoms with Gasteiger partial charge in [0.25, 0.3) is 0 Å². The van der Waals surface area contributed by atoms with Crippen LogP contribution in [-0.2, 0) is 24.2 Å². The van der Waals surface area contributed by atoms with E-state index in [0.29, 0.717) is 0 Å². The molecule has 0 bridgehead atoms. The molecule has 0 N–H and O–H groups in total. The lowest BCUT2D eigenvalue weighted by Gasteiger charge is -2.20. The number of carbonyl (C=O) groups excluding carboxylic acids is 2. The zero-order valence-electron chi connectivity index (χ0n) is 10.7.